The molecule has 0 radical (unpaired) electrons. The number of piperidine rings is 1. The molecule has 1 aliphatic heterocycles. The Hall–Kier alpha value is -1.66. The van der Waals surface area contributed by atoms with Gasteiger partial charge in [-0.25, -0.2) is 4.98 Å². The van der Waals surface area contributed by atoms with Crippen LogP contribution in [0, 0.1) is 12.8 Å². The van der Waals surface area contributed by atoms with Gasteiger partial charge in [0.1, 0.15) is 0 Å². The van der Waals surface area contributed by atoms with Gasteiger partial charge in [0.15, 0.2) is 5.89 Å². The zero-order valence-electron chi connectivity index (χ0n) is 13.5. The number of aliphatic hydroxyl groups excluding tert-OH is 1. The lowest BCUT2D eigenvalue weighted by Gasteiger charge is -2.33. The van der Waals surface area contributed by atoms with E-state index in [0.717, 1.165) is 17.7 Å². The highest BCUT2D eigenvalue weighted by Crippen LogP contribution is 2.33. The van der Waals surface area contributed by atoms with Crippen LogP contribution in [-0.2, 0) is 6.42 Å². The maximum absolute atomic E-state index is 12.6. The average Bonchev–Trinajstić information content (AvgIpc) is 3.23. The second-order valence-corrected chi connectivity index (χ2v) is 6.94. The highest BCUT2D eigenvalue weighted by Gasteiger charge is 2.31. The van der Waals surface area contributed by atoms with Crippen molar-refractivity contribution in [1.82, 2.24) is 9.88 Å². The van der Waals surface area contributed by atoms with Gasteiger partial charge in [-0.1, -0.05) is 13.0 Å². The molecule has 1 atom stereocenters. The van der Waals surface area contributed by atoms with E-state index in [9.17, 15) is 9.90 Å². The van der Waals surface area contributed by atoms with Crippen LogP contribution in [0.2, 0.25) is 0 Å². The van der Waals surface area contributed by atoms with E-state index >= 15 is 0 Å². The zero-order chi connectivity index (χ0) is 16.4. The van der Waals surface area contributed by atoms with E-state index in [1.807, 2.05) is 36.3 Å². The number of aliphatic hydroxyl groups is 1. The maximum atomic E-state index is 12.6. The third-order valence-corrected chi connectivity index (χ3v) is 5.39. The lowest BCUT2D eigenvalue weighted by Crippen LogP contribution is -2.39. The van der Waals surface area contributed by atoms with Gasteiger partial charge >= 0.3 is 0 Å². The number of hydrogen-bond donors (Lipinski definition) is 1. The predicted octanol–water partition coefficient (Wildman–Crippen LogP) is 3.19. The molecule has 124 valence electrons. The number of amides is 1. The standard InChI is InChI=1S/C17H22N2O3S/c1-3-14-18-11(2)16(22-14)17(21)19-8-6-12(7-9-19)15(20)13-5-4-10-23-13/h4-5,10,12,15,20H,3,6-9H2,1-2H3. The van der Waals surface area contributed by atoms with Gasteiger partial charge in [-0.05, 0) is 37.1 Å². The number of thiophene rings is 1. The maximum Gasteiger partial charge on any atom is 0.291 e. The van der Waals surface area contributed by atoms with Crippen LogP contribution in [0.25, 0.3) is 0 Å². The molecule has 1 amide bonds. The number of likely N-dealkylation sites (tertiary alicyclic amines) is 1. The van der Waals surface area contributed by atoms with E-state index in [0.29, 0.717) is 36.9 Å². The first-order valence-electron chi connectivity index (χ1n) is 8.07. The normalized spacial score (nSPS) is 17.4. The quantitative estimate of drug-likeness (QED) is 0.932. The molecule has 0 spiro atoms. The number of oxazole rings is 1. The molecular weight excluding hydrogens is 312 g/mol. The molecule has 0 bridgehead atoms. The summed E-state index contributed by atoms with van der Waals surface area (Å²) in [6.45, 7) is 5.06. The molecule has 0 aromatic carbocycles. The molecule has 1 unspecified atom stereocenters. The summed E-state index contributed by atoms with van der Waals surface area (Å²) in [5, 5.41) is 12.4. The summed E-state index contributed by atoms with van der Waals surface area (Å²) in [7, 11) is 0. The van der Waals surface area contributed by atoms with E-state index in [1.165, 1.54) is 0 Å². The van der Waals surface area contributed by atoms with Crippen LogP contribution < -0.4 is 0 Å². The summed E-state index contributed by atoms with van der Waals surface area (Å²) in [5.74, 6) is 1.09. The third kappa shape index (κ3) is 3.33. The Bertz CT molecular complexity index is 657. The number of rotatable bonds is 4. The number of hydrogen-bond acceptors (Lipinski definition) is 5. The van der Waals surface area contributed by atoms with Crippen molar-refractivity contribution in [3.8, 4) is 0 Å². The minimum Gasteiger partial charge on any atom is -0.435 e. The van der Waals surface area contributed by atoms with E-state index in [1.54, 1.807) is 11.3 Å². The molecule has 2 aromatic rings. The lowest BCUT2D eigenvalue weighted by atomic mass is 9.90. The fourth-order valence-electron chi connectivity index (χ4n) is 3.06. The summed E-state index contributed by atoms with van der Waals surface area (Å²) >= 11 is 1.58. The van der Waals surface area contributed by atoms with E-state index in [-0.39, 0.29) is 11.8 Å². The Morgan fingerprint density at radius 1 is 1.52 bits per heavy atom. The van der Waals surface area contributed by atoms with Crippen molar-refractivity contribution in [3.05, 3.63) is 39.7 Å². The molecule has 0 aliphatic carbocycles. The van der Waals surface area contributed by atoms with Gasteiger partial charge in [-0.15, -0.1) is 11.3 Å². The summed E-state index contributed by atoms with van der Waals surface area (Å²) in [5.41, 5.74) is 0.660. The van der Waals surface area contributed by atoms with E-state index < -0.39 is 6.10 Å². The third-order valence-electron chi connectivity index (χ3n) is 4.45. The molecule has 2 aromatic heterocycles. The van der Waals surface area contributed by atoms with Crippen molar-refractivity contribution in [1.29, 1.82) is 0 Å². The fourth-order valence-corrected chi connectivity index (χ4v) is 3.86. The SMILES string of the molecule is CCc1nc(C)c(C(=O)N2CCC(C(O)c3cccs3)CC2)o1. The van der Waals surface area contributed by atoms with Gasteiger partial charge in [0.25, 0.3) is 5.91 Å². The molecule has 6 heteroatoms. The largest absolute Gasteiger partial charge is 0.435 e. The number of nitrogens with zero attached hydrogens (tertiary/aromatic N) is 2. The zero-order valence-corrected chi connectivity index (χ0v) is 14.3. The van der Waals surface area contributed by atoms with Crippen LogP contribution in [0.4, 0.5) is 0 Å². The van der Waals surface area contributed by atoms with Gasteiger partial charge in [0, 0.05) is 24.4 Å². The van der Waals surface area contributed by atoms with Crippen molar-refractivity contribution in [2.24, 2.45) is 5.92 Å². The van der Waals surface area contributed by atoms with Crippen LogP contribution in [-0.4, -0.2) is 34.0 Å². The lowest BCUT2D eigenvalue weighted by molar-refractivity contribution is 0.0452. The molecule has 3 heterocycles. The van der Waals surface area contributed by atoms with Crippen LogP contribution in [0.5, 0.6) is 0 Å². The monoisotopic (exact) mass is 334 g/mol. The van der Waals surface area contributed by atoms with E-state index in [2.05, 4.69) is 4.98 Å². The van der Waals surface area contributed by atoms with Crippen molar-refractivity contribution < 1.29 is 14.3 Å². The number of aromatic nitrogens is 1. The molecule has 1 aliphatic rings. The number of carbonyl (C=O) groups excluding carboxylic acids is 1. The molecule has 23 heavy (non-hydrogen) atoms. The first-order valence-corrected chi connectivity index (χ1v) is 8.95. The molecule has 5 nitrogen and oxygen atoms in total. The van der Waals surface area contributed by atoms with Crippen LogP contribution in [0.3, 0.4) is 0 Å². The molecule has 1 saturated heterocycles. The van der Waals surface area contributed by atoms with Crippen LogP contribution in [0.1, 0.15) is 52.9 Å². The second kappa shape index (κ2) is 6.84. The van der Waals surface area contributed by atoms with Crippen molar-refractivity contribution in [2.45, 2.75) is 39.2 Å². The van der Waals surface area contributed by atoms with Crippen molar-refractivity contribution in [2.75, 3.05) is 13.1 Å². The highest BCUT2D eigenvalue weighted by molar-refractivity contribution is 7.10. The van der Waals surface area contributed by atoms with Gasteiger partial charge in [-0.3, -0.25) is 4.79 Å². The summed E-state index contributed by atoms with van der Waals surface area (Å²) in [4.78, 5) is 19.7. The second-order valence-electron chi connectivity index (χ2n) is 5.97. The Morgan fingerprint density at radius 3 is 2.83 bits per heavy atom. The molecule has 1 fully saturated rings. The predicted molar refractivity (Wildman–Crippen MR) is 88.5 cm³/mol. The topological polar surface area (TPSA) is 66.6 Å². The Balaban J connectivity index is 1.62. The van der Waals surface area contributed by atoms with Crippen molar-refractivity contribution >= 4 is 17.2 Å². The first kappa shape index (κ1) is 16.2. The first-order chi connectivity index (χ1) is 11.1. The summed E-state index contributed by atoms with van der Waals surface area (Å²) in [6.07, 6.45) is 1.87. The Kier molecular flexibility index (Phi) is 4.82. The molecular formula is C17H22N2O3S. The summed E-state index contributed by atoms with van der Waals surface area (Å²) in [6, 6.07) is 3.93. The highest BCUT2D eigenvalue weighted by atomic mass is 32.1. The molecule has 1 N–H and O–H groups in total. The van der Waals surface area contributed by atoms with Crippen molar-refractivity contribution in [3.63, 3.8) is 0 Å². The minimum absolute atomic E-state index is 0.0845. The number of aryl methyl sites for hydroxylation is 2. The fraction of sp³-hybridized carbons (Fsp3) is 0.529. The Labute approximate surface area is 140 Å². The van der Waals surface area contributed by atoms with Gasteiger partial charge in [-0.2, -0.15) is 0 Å². The molecule has 0 saturated carbocycles. The van der Waals surface area contributed by atoms with Crippen LogP contribution in [0.15, 0.2) is 21.9 Å². The van der Waals surface area contributed by atoms with E-state index in [4.69, 9.17) is 4.42 Å². The summed E-state index contributed by atoms with van der Waals surface area (Å²) < 4.78 is 5.56. The molecule has 3 rings (SSSR count). The minimum atomic E-state index is -0.425. The number of carbonyl (C=O) groups is 1. The smallest absolute Gasteiger partial charge is 0.291 e. The average molecular weight is 334 g/mol. The van der Waals surface area contributed by atoms with Gasteiger partial charge < -0.3 is 14.4 Å². The van der Waals surface area contributed by atoms with Crippen LogP contribution >= 0.6 is 11.3 Å². The van der Waals surface area contributed by atoms with Gasteiger partial charge in [0.2, 0.25) is 5.76 Å². The van der Waals surface area contributed by atoms with Gasteiger partial charge in [0.05, 0.1) is 11.8 Å². The Morgan fingerprint density at radius 2 is 2.26 bits per heavy atom.